The Morgan fingerprint density at radius 1 is 1.00 bits per heavy atom. The second-order valence-corrected chi connectivity index (χ2v) is 13.0. The van der Waals surface area contributed by atoms with Crippen LogP contribution < -0.4 is 0 Å². The molecule has 0 bridgehead atoms. The molecule has 5 rings (SSSR count). The lowest BCUT2D eigenvalue weighted by atomic mass is 9.83. The standard InChI is InChI=1S/C35H48N4O6/c1-2-38(35(42)45-22-19-26-13-15-31(16-14-26)39(43)44)30-17-20-36(21-18-30)23-29-24-37(25-32(29)27-9-5-3-6-10-27)33(34(40)41)28-11-7-4-8-12-28/h3,5-6,9-10,13-16,28-30,32-33H,2,4,7-8,11-12,17-25H2,1H3,(H,40,41)/t29-,32+,33+/m0/s1. The number of rotatable bonds is 12. The predicted molar refractivity (Wildman–Crippen MR) is 172 cm³/mol. The average molecular weight is 621 g/mol. The third kappa shape index (κ3) is 8.41. The average Bonchev–Trinajstić information content (AvgIpc) is 3.46. The van der Waals surface area contributed by atoms with Gasteiger partial charge >= 0.3 is 12.1 Å². The Bertz CT molecular complexity index is 1260. The van der Waals surface area contributed by atoms with Crippen LogP contribution in [0.5, 0.6) is 0 Å². The van der Waals surface area contributed by atoms with E-state index in [1.165, 1.54) is 24.1 Å². The van der Waals surface area contributed by atoms with Crippen LogP contribution in [0.2, 0.25) is 0 Å². The van der Waals surface area contributed by atoms with Gasteiger partial charge in [-0.25, -0.2) is 4.79 Å². The molecule has 3 aliphatic rings. The van der Waals surface area contributed by atoms with Crippen LogP contribution in [-0.2, 0) is 16.0 Å². The number of carbonyl (C=O) groups is 2. The highest BCUT2D eigenvalue weighted by Gasteiger charge is 2.43. The maximum Gasteiger partial charge on any atom is 0.410 e. The number of nitrogens with zero attached hydrogens (tertiary/aromatic N) is 4. The number of nitro benzene ring substituents is 1. The van der Waals surface area contributed by atoms with Crippen molar-refractivity contribution in [2.24, 2.45) is 11.8 Å². The van der Waals surface area contributed by atoms with Crippen LogP contribution in [0.3, 0.4) is 0 Å². The summed E-state index contributed by atoms with van der Waals surface area (Å²) in [7, 11) is 0. The lowest BCUT2D eigenvalue weighted by molar-refractivity contribution is -0.384. The number of carbonyl (C=O) groups excluding carboxylic acids is 1. The van der Waals surface area contributed by atoms with E-state index >= 15 is 0 Å². The Morgan fingerprint density at radius 3 is 2.31 bits per heavy atom. The smallest absolute Gasteiger partial charge is 0.410 e. The Kier molecular flexibility index (Phi) is 11.5. The summed E-state index contributed by atoms with van der Waals surface area (Å²) in [4.78, 5) is 42.6. The molecule has 10 heteroatoms. The Labute approximate surface area is 266 Å². The van der Waals surface area contributed by atoms with E-state index in [0.29, 0.717) is 24.8 Å². The van der Waals surface area contributed by atoms with E-state index in [0.717, 1.165) is 76.8 Å². The number of hydrogen-bond donors (Lipinski definition) is 1. The molecule has 2 aromatic carbocycles. The van der Waals surface area contributed by atoms with Crippen LogP contribution in [-0.4, -0.2) is 94.8 Å². The van der Waals surface area contributed by atoms with E-state index in [1.54, 1.807) is 12.1 Å². The molecular weight excluding hydrogens is 572 g/mol. The van der Waals surface area contributed by atoms with Crippen molar-refractivity contribution in [3.63, 3.8) is 0 Å². The second-order valence-electron chi connectivity index (χ2n) is 13.0. The van der Waals surface area contributed by atoms with E-state index < -0.39 is 16.9 Å². The van der Waals surface area contributed by atoms with Gasteiger partial charge in [0.2, 0.25) is 0 Å². The molecule has 10 nitrogen and oxygen atoms in total. The first-order chi connectivity index (χ1) is 21.8. The van der Waals surface area contributed by atoms with E-state index in [4.69, 9.17) is 4.74 Å². The van der Waals surface area contributed by atoms with Crippen molar-refractivity contribution in [3.8, 4) is 0 Å². The highest BCUT2D eigenvalue weighted by molar-refractivity contribution is 5.74. The predicted octanol–water partition coefficient (Wildman–Crippen LogP) is 5.81. The van der Waals surface area contributed by atoms with Crippen LogP contribution in [0.15, 0.2) is 54.6 Å². The number of piperidine rings is 1. The molecule has 1 amide bonds. The van der Waals surface area contributed by atoms with Crippen molar-refractivity contribution < 1.29 is 24.4 Å². The zero-order valence-corrected chi connectivity index (χ0v) is 26.5. The minimum Gasteiger partial charge on any atom is -0.480 e. The molecule has 0 spiro atoms. The number of carboxylic acids is 1. The van der Waals surface area contributed by atoms with E-state index in [1.807, 2.05) is 17.9 Å². The number of hydrogen-bond acceptors (Lipinski definition) is 7. The van der Waals surface area contributed by atoms with Crippen molar-refractivity contribution in [2.75, 3.05) is 45.9 Å². The molecule has 1 N–H and O–H groups in total. The number of likely N-dealkylation sites (tertiary alicyclic amines) is 2. The molecule has 2 aromatic rings. The minimum atomic E-state index is -0.672. The fourth-order valence-corrected chi connectivity index (χ4v) is 7.91. The molecular formula is C35H48N4O6. The monoisotopic (exact) mass is 620 g/mol. The van der Waals surface area contributed by atoms with Crippen molar-refractivity contribution >= 4 is 17.7 Å². The van der Waals surface area contributed by atoms with E-state index in [-0.39, 0.29) is 30.3 Å². The normalized spacial score (nSPS) is 22.6. The molecule has 1 aliphatic carbocycles. The van der Waals surface area contributed by atoms with Gasteiger partial charge in [0.1, 0.15) is 6.04 Å². The van der Waals surface area contributed by atoms with Gasteiger partial charge < -0.3 is 19.6 Å². The van der Waals surface area contributed by atoms with Crippen LogP contribution in [0.25, 0.3) is 0 Å². The van der Waals surface area contributed by atoms with Gasteiger partial charge in [-0.05, 0) is 55.6 Å². The van der Waals surface area contributed by atoms with Gasteiger partial charge in [-0.1, -0.05) is 61.7 Å². The fourth-order valence-electron chi connectivity index (χ4n) is 7.91. The molecule has 2 saturated heterocycles. The summed E-state index contributed by atoms with van der Waals surface area (Å²) in [6.45, 7) is 7.07. The Hall–Kier alpha value is -3.50. The van der Waals surface area contributed by atoms with Gasteiger partial charge in [0.25, 0.3) is 5.69 Å². The van der Waals surface area contributed by atoms with Gasteiger partial charge in [-0.3, -0.25) is 19.8 Å². The van der Waals surface area contributed by atoms with Crippen molar-refractivity contribution in [2.45, 2.75) is 76.3 Å². The summed E-state index contributed by atoms with van der Waals surface area (Å²) in [6, 6.07) is 16.6. The van der Waals surface area contributed by atoms with Crippen LogP contribution in [0.4, 0.5) is 10.5 Å². The van der Waals surface area contributed by atoms with Gasteiger partial charge in [0, 0.05) is 69.8 Å². The Balaban J connectivity index is 1.15. The first kappa shape index (κ1) is 32.9. The quantitative estimate of drug-likeness (QED) is 0.234. The number of benzene rings is 2. The first-order valence-corrected chi connectivity index (χ1v) is 16.7. The van der Waals surface area contributed by atoms with Crippen molar-refractivity contribution in [1.29, 1.82) is 0 Å². The van der Waals surface area contributed by atoms with Gasteiger partial charge in [-0.15, -0.1) is 0 Å². The number of nitro groups is 1. The summed E-state index contributed by atoms with van der Waals surface area (Å²) >= 11 is 0. The summed E-state index contributed by atoms with van der Waals surface area (Å²) < 4.78 is 5.62. The zero-order chi connectivity index (χ0) is 31.8. The third-order valence-electron chi connectivity index (χ3n) is 10.3. The van der Waals surface area contributed by atoms with Gasteiger partial charge in [0.05, 0.1) is 11.5 Å². The zero-order valence-electron chi connectivity index (χ0n) is 26.5. The first-order valence-electron chi connectivity index (χ1n) is 16.7. The lowest BCUT2D eigenvalue weighted by Gasteiger charge is -2.39. The highest BCUT2D eigenvalue weighted by Crippen LogP contribution is 2.38. The van der Waals surface area contributed by atoms with Gasteiger partial charge in [0.15, 0.2) is 0 Å². The fraction of sp³-hybridized carbons (Fsp3) is 0.600. The Morgan fingerprint density at radius 2 is 1.69 bits per heavy atom. The number of non-ortho nitro benzene ring substituents is 1. The van der Waals surface area contributed by atoms with E-state index in [9.17, 15) is 24.8 Å². The largest absolute Gasteiger partial charge is 0.480 e. The number of carboxylic acid groups (broad SMARTS) is 1. The molecule has 45 heavy (non-hydrogen) atoms. The van der Waals surface area contributed by atoms with Crippen molar-refractivity contribution in [3.05, 3.63) is 75.8 Å². The summed E-state index contributed by atoms with van der Waals surface area (Å²) in [5.74, 6) is 0.207. The van der Waals surface area contributed by atoms with Crippen LogP contribution in [0, 0.1) is 22.0 Å². The molecule has 1 saturated carbocycles. The topological polar surface area (TPSA) is 116 Å². The summed E-state index contributed by atoms with van der Waals surface area (Å²) in [5, 5.41) is 21.2. The molecule has 0 unspecified atom stereocenters. The molecule has 3 atom stereocenters. The molecule has 2 aliphatic heterocycles. The molecule has 244 valence electrons. The van der Waals surface area contributed by atoms with Crippen LogP contribution in [0.1, 0.15) is 68.9 Å². The maximum absolute atomic E-state index is 13.0. The number of amides is 1. The molecule has 2 heterocycles. The minimum absolute atomic E-state index is 0.0454. The van der Waals surface area contributed by atoms with E-state index in [2.05, 4.69) is 34.1 Å². The maximum atomic E-state index is 13.0. The molecule has 0 radical (unpaired) electrons. The number of aliphatic carboxylic acids is 1. The SMILES string of the molecule is CCN(C(=O)OCCc1ccc([N+](=O)[O-])cc1)C1CCN(C[C@H]2CN([C@@H](C(=O)O)C3CCCCC3)C[C@@H]2c2ccccc2)CC1. The molecule has 0 aromatic heterocycles. The summed E-state index contributed by atoms with van der Waals surface area (Å²) in [5.41, 5.74) is 2.22. The lowest BCUT2D eigenvalue weighted by Crippen LogP contribution is -2.49. The number of ether oxygens (including phenoxy) is 1. The van der Waals surface area contributed by atoms with Crippen molar-refractivity contribution in [1.82, 2.24) is 14.7 Å². The van der Waals surface area contributed by atoms with Crippen LogP contribution >= 0.6 is 0 Å². The molecule has 3 fully saturated rings. The third-order valence-corrected chi connectivity index (χ3v) is 10.3. The highest BCUT2D eigenvalue weighted by atomic mass is 16.6. The second kappa shape index (κ2) is 15.7. The summed E-state index contributed by atoms with van der Waals surface area (Å²) in [6.07, 6.45) is 7.43. The van der Waals surface area contributed by atoms with Gasteiger partial charge in [-0.2, -0.15) is 0 Å².